The van der Waals surface area contributed by atoms with Gasteiger partial charge in [-0.1, -0.05) is 28.1 Å². The van der Waals surface area contributed by atoms with Crippen molar-refractivity contribution in [2.75, 3.05) is 0 Å². The number of benzene rings is 1. The summed E-state index contributed by atoms with van der Waals surface area (Å²) in [6, 6.07) is 8.15. The fourth-order valence-corrected chi connectivity index (χ4v) is 2.04. The lowest BCUT2D eigenvalue weighted by molar-refractivity contribution is 0.111. The molecule has 16 heavy (non-hydrogen) atoms. The van der Waals surface area contributed by atoms with E-state index < -0.39 is 0 Å². The SMILES string of the molecule is O=Cc1nc[nH]c1CCc1cccc(Br)c1. The fourth-order valence-electron chi connectivity index (χ4n) is 1.60. The van der Waals surface area contributed by atoms with Gasteiger partial charge >= 0.3 is 0 Å². The Labute approximate surface area is 102 Å². The molecule has 0 aliphatic heterocycles. The molecule has 0 fully saturated rings. The summed E-state index contributed by atoms with van der Waals surface area (Å²) in [5.74, 6) is 0. The number of nitrogens with zero attached hydrogens (tertiary/aromatic N) is 1. The van der Waals surface area contributed by atoms with Crippen molar-refractivity contribution in [3.8, 4) is 0 Å². The molecule has 82 valence electrons. The predicted octanol–water partition coefficient (Wildman–Crippen LogP) is 2.77. The molecule has 0 radical (unpaired) electrons. The topological polar surface area (TPSA) is 45.8 Å². The Kier molecular flexibility index (Phi) is 3.51. The zero-order valence-corrected chi connectivity index (χ0v) is 10.2. The Morgan fingerprint density at radius 2 is 2.25 bits per heavy atom. The number of hydrogen-bond acceptors (Lipinski definition) is 2. The minimum Gasteiger partial charge on any atom is -0.348 e. The summed E-state index contributed by atoms with van der Waals surface area (Å²) in [6.45, 7) is 0. The molecule has 0 atom stereocenters. The van der Waals surface area contributed by atoms with E-state index in [-0.39, 0.29) is 0 Å². The summed E-state index contributed by atoms with van der Waals surface area (Å²) in [7, 11) is 0. The fraction of sp³-hybridized carbons (Fsp3) is 0.167. The lowest BCUT2D eigenvalue weighted by atomic mass is 10.1. The minimum absolute atomic E-state index is 0.509. The maximum atomic E-state index is 10.7. The van der Waals surface area contributed by atoms with Crippen LogP contribution >= 0.6 is 15.9 Å². The second kappa shape index (κ2) is 5.07. The first-order chi connectivity index (χ1) is 7.79. The first-order valence-electron chi connectivity index (χ1n) is 5.01. The van der Waals surface area contributed by atoms with Gasteiger partial charge in [0.25, 0.3) is 0 Å². The Hall–Kier alpha value is -1.42. The Morgan fingerprint density at radius 3 is 3.00 bits per heavy atom. The maximum absolute atomic E-state index is 10.7. The zero-order valence-electron chi connectivity index (χ0n) is 8.61. The van der Waals surface area contributed by atoms with Crippen LogP contribution in [-0.4, -0.2) is 16.3 Å². The van der Waals surface area contributed by atoms with Crippen LogP contribution in [-0.2, 0) is 12.8 Å². The van der Waals surface area contributed by atoms with E-state index >= 15 is 0 Å². The molecule has 1 aromatic heterocycles. The number of aldehydes is 1. The summed E-state index contributed by atoms with van der Waals surface area (Å²) >= 11 is 3.43. The molecular formula is C12H11BrN2O. The molecule has 0 bridgehead atoms. The van der Waals surface area contributed by atoms with Crippen LogP contribution in [0.25, 0.3) is 0 Å². The van der Waals surface area contributed by atoms with E-state index in [0.29, 0.717) is 5.69 Å². The number of halogens is 1. The quantitative estimate of drug-likeness (QED) is 0.875. The van der Waals surface area contributed by atoms with E-state index in [1.165, 1.54) is 5.56 Å². The highest BCUT2D eigenvalue weighted by Crippen LogP contribution is 2.13. The standard InChI is InChI=1S/C12H11BrN2O/c13-10-3-1-2-9(6-10)4-5-11-12(7-16)15-8-14-11/h1-3,6-8H,4-5H2,(H,14,15). The lowest BCUT2D eigenvalue weighted by Gasteiger charge is -2.01. The highest BCUT2D eigenvalue weighted by molar-refractivity contribution is 9.10. The Balaban J connectivity index is 2.05. The summed E-state index contributed by atoms with van der Waals surface area (Å²) in [6.07, 6.45) is 4.03. The van der Waals surface area contributed by atoms with Crippen LogP contribution in [0.5, 0.6) is 0 Å². The van der Waals surface area contributed by atoms with Crippen LogP contribution in [0.3, 0.4) is 0 Å². The second-order valence-corrected chi connectivity index (χ2v) is 4.43. The molecule has 1 aromatic carbocycles. The largest absolute Gasteiger partial charge is 0.348 e. The molecule has 1 heterocycles. The van der Waals surface area contributed by atoms with Gasteiger partial charge in [-0.3, -0.25) is 4.79 Å². The number of hydrogen-bond donors (Lipinski definition) is 1. The van der Waals surface area contributed by atoms with Gasteiger partial charge < -0.3 is 4.98 Å². The molecule has 4 heteroatoms. The van der Waals surface area contributed by atoms with E-state index in [2.05, 4.69) is 38.0 Å². The average molecular weight is 279 g/mol. The van der Waals surface area contributed by atoms with Gasteiger partial charge in [0.1, 0.15) is 5.69 Å². The number of aryl methyl sites for hydroxylation is 2. The van der Waals surface area contributed by atoms with Gasteiger partial charge in [0, 0.05) is 10.2 Å². The molecule has 2 rings (SSSR count). The number of aromatic amines is 1. The average Bonchev–Trinajstić information content (AvgIpc) is 2.74. The van der Waals surface area contributed by atoms with E-state index in [4.69, 9.17) is 0 Å². The molecule has 0 aliphatic carbocycles. The summed E-state index contributed by atoms with van der Waals surface area (Å²) in [5, 5.41) is 0. The number of carbonyl (C=O) groups excluding carboxylic acids is 1. The molecule has 0 saturated carbocycles. The monoisotopic (exact) mass is 278 g/mol. The van der Waals surface area contributed by atoms with Gasteiger partial charge in [-0.05, 0) is 30.5 Å². The van der Waals surface area contributed by atoms with Crippen molar-refractivity contribution in [1.29, 1.82) is 0 Å². The van der Waals surface area contributed by atoms with Crippen molar-refractivity contribution in [2.24, 2.45) is 0 Å². The summed E-state index contributed by atoms with van der Waals surface area (Å²) in [5.41, 5.74) is 2.64. The van der Waals surface area contributed by atoms with E-state index in [1.807, 2.05) is 12.1 Å². The molecule has 0 amide bonds. The zero-order chi connectivity index (χ0) is 11.4. The molecule has 0 aliphatic rings. The Bertz CT molecular complexity index is 493. The van der Waals surface area contributed by atoms with Crippen LogP contribution in [0, 0.1) is 0 Å². The highest BCUT2D eigenvalue weighted by Gasteiger charge is 2.04. The molecule has 3 nitrogen and oxygen atoms in total. The molecule has 1 N–H and O–H groups in total. The molecule has 0 spiro atoms. The normalized spacial score (nSPS) is 10.3. The van der Waals surface area contributed by atoms with Crippen LogP contribution in [0.15, 0.2) is 35.1 Å². The van der Waals surface area contributed by atoms with E-state index in [1.54, 1.807) is 6.33 Å². The summed E-state index contributed by atoms with van der Waals surface area (Å²) < 4.78 is 1.07. The third-order valence-electron chi connectivity index (χ3n) is 2.42. The lowest BCUT2D eigenvalue weighted by Crippen LogP contribution is -1.95. The van der Waals surface area contributed by atoms with Crippen molar-refractivity contribution in [1.82, 2.24) is 9.97 Å². The van der Waals surface area contributed by atoms with Crippen molar-refractivity contribution in [2.45, 2.75) is 12.8 Å². The van der Waals surface area contributed by atoms with Gasteiger partial charge in [0.2, 0.25) is 0 Å². The van der Waals surface area contributed by atoms with Crippen LogP contribution in [0.2, 0.25) is 0 Å². The van der Waals surface area contributed by atoms with Gasteiger partial charge in [-0.25, -0.2) is 4.98 Å². The summed E-state index contributed by atoms with van der Waals surface area (Å²) in [4.78, 5) is 17.6. The number of carbonyl (C=O) groups is 1. The maximum Gasteiger partial charge on any atom is 0.170 e. The van der Waals surface area contributed by atoms with Gasteiger partial charge in [-0.15, -0.1) is 0 Å². The number of aromatic nitrogens is 2. The van der Waals surface area contributed by atoms with Crippen LogP contribution < -0.4 is 0 Å². The van der Waals surface area contributed by atoms with Crippen molar-refractivity contribution < 1.29 is 4.79 Å². The third kappa shape index (κ3) is 2.58. The number of rotatable bonds is 4. The highest BCUT2D eigenvalue weighted by atomic mass is 79.9. The first kappa shape index (κ1) is 11.1. The predicted molar refractivity (Wildman–Crippen MR) is 65.5 cm³/mol. The smallest absolute Gasteiger partial charge is 0.170 e. The van der Waals surface area contributed by atoms with Crippen molar-refractivity contribution in [3.05, 3.63) is 52.0 Å². The van der Waals surface area contributed by atoms with Gasteiger partial charge in [0.15, 0.2) is 6.29 Å². The molecular weight excluding hydrogens is 268 g/mol. The minimum atomic E-state index is 0.509. The number of H-pyrrole nitrogens is 1. The van der Waals surface area contributed by atoms with Gasteiger partial charge in [0.05, 0.1) is 6.33 Å². The number of imidazole rings is 1. The Morgan fingerprint density at radius 1 is 1.38 bits per heavy atom. The third-order valence-corrected chi connectivity index (χ3v) is 2.91. The van der Waals surface area contributed by atoms with Crippen LogP contribution in [0.1, 0.15) is 21.7 Å². The second-order valence-electron chi connectivity index (χ2n) is 3.51. The van der Waals surface area contributed by atoms with Crippen LogP contribution in [0.4, 0.5) is 0 Å². The molecule has 0 unspecified atom stereocenters. The van der Waals surface area contributed by atoms with Crippen molar-refractivity contribution in [3.63, 3.8) is 0 Å². The molecule has 0 saturated heterocycles. The van der Waals surface area contributed by atoms with Crippen molar-refractivity contribution >= 4 is 22.2 Å². The first-order valence-corrected chi connectivity index (χ1v) is 5.81. The van der Waals surface area contributed by atoms with E-state index in [9.17, 15) is 4.79 Å². The van der Waals surface area contributed by atoms with E-state index in [0.717, 1.165) is 29.3 Å². The number of nitrogens with one attached hydrogen (secondary N) is 1. The van der Waals surface area contributed by atoms with Gasteiger partial charge in [-0.2, -0.15) is 0 Å². The molecule has 2 aromatic rings.